The van der Waals surface area contributed by atoms with Crippen molar-refractivity contribution in [2.75, 3.05) is 0 Å². The van der Waals surface area contributed by atoms with Crippen LogP contribution in [0, 0.1) is 6.92 Å². The number of nitrogens with zero attached hydrogens (tertiary/aromatic N) is 1. The van der Waals surface area contributed by atoms with Gasteiger partial charge in [0.15, 0.2) is 0 Å². The Morgan fingerprint density at radius 2 is 2.26 bits per heavy atom. The van der Waals surface area contributed by atoms with Crippen molar-refractivity contribution in [3.05, 3.63) is 51.5 Å². The average molecular weight is 273 g/mol. The van der Waals surface area contributed by atoms with Crippen LogP contribution in [0.1, 0.15) is 47.4 Å². The van der Waals surface area contributed by atoms with Gasteiger partial charge in [-0.25, -0.2) is 0 Å². The fourth-order valence-corrected chi connectivity index (χ4v) is 4.25. The summed E-state index contributed by atoms with van der Waals surface area (Å²) in [6.45, 7) is 4.02. The van der Waals surface area contributed by atoms with Crippen molar-refractivity contribution < 1.29 is 5.11 Å². The Morgan fingerprint density at radius 3 is 3.00 bits per heavy atom. The Kier molecular flexibility index (Phi) is 3.19. The van der Waals surface area contributed by atoms with Gasteiger partial charge in [-0.2, -0.15) is 0 Å². The first-order valence-electron chi connectivity index (χ1n) is 6.81. The van der Waals surface area contributed by atoms with E-state index in [9.17, 15) is 5.11 Å². The normalized spacial score (nSPS) is 21.7. The average Bonchev–Trinajstić information content (AvgIpc) is 2.85. The Morgan fingerprint density at radius 1 is 1.42 bits per heavy atom. The largest absolute Gasteiger partial charge is 0.384 e. The SMILES string of the molecule is Cc1ccsc1C(C)(O)C1CCCc2cccnc21. The lowest BCUT2D eigenvalue weighted by atomic mass is 9.75. The fourth-order valence-electron chi connectivity index (χ4n) is 3.21. The Balaban J connectivity index is 2.06. The van der Waals surface area contributed by atoms with Crippen molar-refractivity contribution in [3.8, 4) is 0 Å². The van der Waals surface area contributed by atoms with Gasteiger partial charge in [0.2, 0.25) is 0 Å². The lowest BCUT2D eigenvalue weighted by molar-refractivity contribution is 0.0219. The van der Waals surface area contributed by atoms with Crippen molar-refractivity contribution in [1.29, 1.82) is 0 Å². The van der Waals surface area contributed by atoms with Crippen molar-refractivity contribution in [1.82, 2.24) is 4.98 Å². The maximum atomic E-state index is 11.1. The topological polar surface area (TPSA) is 33.1 Å². The molecule has 1 aliphatic carbocycles. The van der Waals surface area contributed by atoms with Gasteiger partial charge in [-0.1, -0.05) is 6.07 Å². The summed E-state index contributed by atoms with van der Waals surface area (Å²) in [6, 6.07) is 6.22. The summed E-state index contributed by atoms with van der Waals surface area (Å²) in [4.78, 5) is 5.63. The van der Waals surface area contributed by atoms with Gasteiger partial charge in [0.05, 0.1) is 0 Å². The highest BCUT2D eigenvalue weighted by atomic mass is 32.1. The Bertz CT molecular complexity index is 588. The van der Waals surface area contributed by atoms with Crippen LogP contribution in [0.5, 0.6) is 0 Å². The zero-order chi connectivity index (χ0) is 13.5. The smallest absolute Gasteiger partial charge is 0.105 e. The van der Waals surface area contributed by atoms with E-state index >= 15 is 0 Å². The summed E-state index contributed by atoms with van der Waals surface area (Å²) < 4.78 is 0. The van der Waals surface area contributed by atoms with Gasteiger partial charge in [-0.3, -0.25) is 4.98 Å². The van der Waals surface area contributed by atoms with E-state index in [0.717, 1.165) is 29.8 Å². The molecule has 2 aromatic heterocycles. The van der Waals surface area contributed by atoms with Crippen molar-refractivity contribution >= 4 is 11.3 Å². The van der Waals surface area contributed by atoms with Gasteiger partial charge in [-0.15, -0.1) is 11.3 Å². The summed E-state index contributed by atoms with van der Waals surface area (Å²) >= 11 is 1.65. The van der Waals surface area contributed by atoms with Crippen LogP contribution in [0.25, 0.3) is 0 Å². The first-order valence-corrected chi connectivity index (χ1v) is 7.69. The number of fused-ring (bicyclic) bond motifs is 1. The molecule has 0 saturated heterocycles. The van der Waals surface area contributed by atoms with Crippen LogP contribution < -0.4 is 0 Å². The van der Waals surface area contributed by atoms with Gasteiger partial charge < -0.3 is 5.11 Å². The molecule has 2 atom stereocenters. The summed E-state index contributed by atoms with van der Waals surface area (Å²) in [5.74, 6) is 0.106. The highest BCUT2D eigenvalue weighted by Crippen LogP contribution is 2.45. The third kappa shape index (κ3) is 2.11. The molecule has 0 radical (unpaired) electrons. The minimum atomic E-state index is -0.818. The van der Waals surface area contributed by atoms with Crippen molar-refractivity contribution in [2.24, 2.45) is 0 Å². The molecule has 0 bridgehead atoms. The quantitative estimate of drug-likeness (QED) is 0.903. The van der Waals surface area contributed by atoms with E-state index in [4.69, 9.17) is 0 Å². The predicted molar refractivity (Wildman–Crippen MR) is 78.5 cm³/mol. The number of hydrogen-bond acceptors (Lipinski definition) is 3. The summed E-state index contributed by atoms with van der Waals surface area (Å²) in [5.41, 5.74) is 2.75. The van der Waals surface area contributed by atoms with E-state index in [2.05, 4.69) is 29.4 Å². The van der Waals surface area contributed by atoms with E-state index in [-0.39, 0.29) is 5.92 Å². The van der Waals surface area contributed by atoms with Gasteiger partial charge in [0.25, 0.3) is 0 Å². The number of thiophene rings is 1. The van der Waals surface area contributed by atoms with Crippen LogP contribution >= 0.6 is 11.3 Å². The number of rotatable bonds is 2. The monoisotopic (exact) mass is 273 g/mol. The van der Waals surface area contributed by atoms with Gasteiger partial charge in [0, 0.05) is 22.7 Å². The molecule has 1 aliphatic rings. The molecule has 2 unspecified atom stereocenters. The molecule has 2 nitrogen and oxygen atoms in total. The van der Waals surface area contributed by atoms with Crippen LogP contribution in [0.15, 0.2) is 29.8 Å². The van der Waals surface area contributed by atoms with E-state index in [1.54, 1.807) is 11.3 Å². The molecule has 19 heavy (non-hydrogen) atoms. The highest BCUT2D eigenvalue weighted by Gasteiger charge is 2.39. The zero-order valence-electron chi connectivity index (χ0n) is 11.4. The standard InChI is InChI=1S/C16H19NOS/c1-11-8-10-19-15(11)16(2,18)13-7-3-5-12-6-4-9-17-14(12)13/h4,6,8-10,13,18H,3,5,7H2,1-2H3. The number of aromatic nitrogens is 1. The van der Waals surface area contributed by atoms with Crippen LogP contribution in [0.3, 0.4) is 0 Å². The minimum Gasteiger partial charge on any atom is -0.384 e. The summed E-state index contributed by atoms with van der Waals surface area (Å²) in [6.07, 6.45) is 5.06. The predicted octanol–water partition coefficient (Wildman–Crippen LogP) is 3.78. The third-order valence-corrected chi connectivity index (χ3v) is 5.44. The summed E-state index contributed by atoms with van der Waals surface area (Å²) in [7, 11) is 0. The molecule has 1 N–H and O–H groups in total. The Labute approximate surface area is 118 Å². The molecular formula is C16H19NOS. The second-order valence-corrected chi connectivity index (χ2v) is 6.49. The molecule has 100 valence electrons. The first kappa shape index (κ1) is 12.8. The molecule has 0 fully saturated rings. The van der Waals surface area contributed by atoms with E-state index in [1.165, 1.54) is 11.1 Å². The molecule has 0 saturated carbocycles. The Hall–Kier alpha value is -1.19. The fraction of sp³-hybridized carbons (Fsp3) is 0.438. The number of hydrogen-bond donors (Lipinski definition) is 1. The number of aliphatic hydroxyl groups is 1. The lowest BCUT2D eigenvalue weighted by Crippen LogP contribution is -2.33. The number of pyridine rings is 1. The van der Waals surface area contributed by atoms with Crippen molar-refractivity contribution in [3.63, 3.8) is 0 Å². The maximum Gasteiger partial charge on any atom is 0.105 e. The van der Waals surface area contributed by atoms with Gasteiger partial charge in [-0.05, 0) is 61.7 Å². The van der Waals surface area contributed by atoms with Crippen LogP contribution in [-0.4, -0.2) is 10.1 Å². The molecule has 0 aromatic carbocycles. The zero-order valence-corrected chi connectivity index (χ0v) is 12.2. The molecular weight excluding hydrogens is 254 g/mol. The first-order chi connectivity index (χ1) is 9.10. The van der Waals surface area contributed by atoms with E-state index < -0.39 is 5.60 Å². The molecule has 0 amide bonds. The second kappa shape index (κ2) is 4.73. The van der Waals surface area contributed by atoms with Crippen LogP contribution in [0.2, 0.25) is 0 Å². The van der Waals surface area contributed by atoms with Gasteiger partial charge >= 0.3 is 0 Å². The van der Waals surface area contributed by atoms with Gasteiger partial charge in [0.1, 0.15) is 5.60 Å². The third-order valence-electron chi connectivity index (χ3n) is 4.20. The molecule has 2 heterocycles. The molecule has 3 heteroatoms. The van der Waals surface area contributed by atoms with E-state index in [1.807, 2.05) is 19.2 Å². The van der Waals surface area contributed by atoms with E-state index in [0.29, 0.717) is 0 Å². The molecule has 2 aromatic rings. The second-order valence-electron chi connectivity index (χ2n) is 5.57. The molecule has 0 aliphatic heterocycles. The lowest BCUT2D eigenvalue weighted by Gasteiger charge is -2.36. The molecule has 3 rings (SSSR count). The highest BCUT2D eigenvalue weighted by molar-refractivity contribution is 7.10. The van der Waals surface area contributed by atoms with Crippen LogP contribution in [-0.2, 0) is 12.0 Å². The number of aryl methyl sites for hydroxylation is 2. The van der Waals surface area contributed by atoms with Crippen molar-refractivity contribution in [2.45, 2.75) is 44.6 Å². The molecule has 0 spiro atoms. The minimum absolute atomic E-state index is 0.106. The van der Waals surface area contributed by atoms with Crippen LogP contribution in [0.4, 0.5) is 0 Å². The summed E-state index contributed by atoms with van der Waals surface area (Å²) in [5, 5.41) is 13.2. The maximum absolute atomic E-state index is 11.1.